The van der Waals surface area contributed by atoms with Crippen LogP contribution in [0.3, 0.4) is 0 Å². The maximum Gasteiger partial charge on any atom is 0.301 e. The maximum atomic E-state index is 9.48. The quantitative estimate of drug-likeness (QED) is 0.305. The van der Waals surface area contributed by atoms with Crippen LogP contribution in [0, 0.1) is 10.1 Å². The molecule has 42 valence electrons. The molecular weight excluding hydrogens is 122 g/mol. The predicted octanol–water partition coefficient (Wildman–Crippen LogP) is -0.558. The molecule has 0 aromatic rings. The van der Waals surface area contributed by atoms with Crippen molar-refractivity contribution in [2.24, 2.45) is 0 Å². The van der Waals surface area contributed by atoms with Gasteiger partial charge < -0.3 is 4.55 Å². The molecular formula is CH3NO4S. The number of hydrogen-bond acceptors (Lipinski definition) is 3. The second kappa shape index (κ2) is 2.64. The highest BCUT2D eigenvalue weighted by atomic mass is 32.2. The third-order valence-electron chi connectivity index (χ3n) is 0.216. The highest BCUT2D eigenvalue weighted by Gasteiger charge is 1.99. The Labute approximate surface area is 41.8 Å². The largest absolute Gasteiger partial charge is 0.301 e. The Balaban J connectivity index is 3.32. The Kier molecular flexibility index (Phi) is 2.46. The van der Waals surface area contributed by atoms with E-state index in [1.54, 1.807) is 0 Å². The summed E-state index contributed by atoms with van der Waals surface area (Å²) in [4.78, 5) is 8.41. The van der Waals surface area contributed by atoms with Crippen LogP contribution in [0.5, 0.6) is 0 Å². The number of hydrogen-bond donors (Lipinski definition) is 1. The van der Waals surface area contributed by atoms with Gasteiger partial charge in [0.25, 0.3) is 0 Å². The van der Waals surface area contributed by atoms with Gasteiger partial charge in [0.1, 0.15) is 0 Å². The van der Waals surface area contributed by atoms with Gasteiger partial charge in [-0.1, -0.05) is 0 Å². The molecule has 0 aliphatic heterocycles. The van der Waals surface area contributed by atoms with E-state index in [-0.39, 0.29) is 0 Å². The van der Waals surface area contributed by atoms with Crippen LogP contribution in [0.4, 0.5) is 0 Å². The van der Waals surface area contributed by atoms with Crippen molar-refractivity contribution in [1.29, 1.82) is 0 Å². The number of nitro groups is 1. The summed E-state index contributed by atoms with van der Waals surface area (Å²) < 4.78 is 17.2. The molecule has 0 aliphatic carbocycles. The topological polar surface area (TPSA) is 80.4 Å². The van der Waals surface area contributed by atoms with Gasteiger partial charge in [0, 0.05) is 4.92 Å². The fourth-order valence-electron chi connectivity index (χ4n) is 0.0902. The summed E-state index contributed by atoms with van der Waals surface area (Å²) >= 11 is -2.29. The molecule has 0 aliphatic rings. The molecule has 0 radical (unpaired) electrons. The molecule has 0 saturated heterocycles. The van der Waals surface area contributed by atoms with Crippen LogP contribution >= 0.6 is 0 Å². The van der Waals surface area contributed by atoms with E-state index in [0.29, 0.717) is 0 Å². The molecule has 5 nitrogen and oxygen atoms in total. The van der Waals surface area contributed by atoms with Crippen molar-refractivity contribution >= 4 is 11.1 Å². The van der Waals surface area contributed by atoms with Gasteiger partial charge in [0.15, 0.2) is 0 Å². The van der Waals surface area contributed by atoms with Gasteiger partial charge >= 0.3 is 5.88 Å². The average molecular weight is 125 g/mol. The third kappa shape index (κ3) is 5.51. The first kappa shape index (κ1) is 6.51. The summed E-state index contributed by atoms with van der Waals surface area (Å²) in [5.74, 6) is -0.889. The number of rotatable bonds is 2. The van der Waals surface area contributed by atoms with Crippen LogP contribution in [0.25, 0.3) is 0 Å². The maximum absolute atomic E-state index is 9.48. The van der Waals surface area contributed by atoms with E-state index in [1.165, 1.54) is 0 Å². The lowest BCUT2D eigenvalue weighted by Crippen LogP contribution is -2.05. The minimum Gasteiger partial charge on any atom is -0.301 e. The zero-order valence-electron chi connectivity index (χ0n) is 3.23. The lowest BCUT2D eigenvalue weighted by atomic mass is 11.5. The van der Waals surface area contributed by atoms with Crippen LogP contribution in [-0.2, 0) is 11.1 Å². The van der Waals surface area contributed by atoms with Crippen molar-refractivity contribution < 1.29 is 13.7 Å². The molecule has 1 N–H and O–H groups in total. The minimum absolute atomic E-state index is 0.851. The van der Waals surface area contributed by atoms with Crippen LogP contribution in [0.15, 0.2) is 0 Å². The Bertz CT molecular complexity index is 87.9. The van der Waals surface area contributed by atoms with Crippen LogP contribution in [-0.4, -0.2) is 19.6 Å². The molecule has 1 atom stereocenters. The van der Waals surface area contributed by atoms with Crippen molar-refractivity contribution in [2.75, 3.05) is 5.88 Å². The summed E-state index contributed by atoms with van der Waals surface area (Å²) in [5, 5.41) is 9.26. The van der Waals surface area contributed by atoms with Gasteiger partial charge in [-0.3, -0.25) is 10.1 Å². The molecule has 7 heavy (non-hydrogen) atoms. The van der Waals surface area contributed by atoms with E-state index in [1.807, 2.05) is 0 Å². The molecule has 0 fully saturated rings. The molecule has 0 aromatic carbocycles. The van der Waals surface area contributed by atoms with Gasteiger partial charge in [-0.25, -0.2) is 4.21 Å². The van der Waals surface area contributed by atoms with Gasteiger partial charge in [-0.05, 0) is 0 Å². The second-order valence-corrected chi connectivity index (χ2v) is 1.68. The normalized spacial score (nSPS) is 13.3. The lowest BCUT2D eigenvalue weighted by Gasteiger charge is -1.80. The van der Waals surface area contributed by atoms with E-state index in [4.69, 9.17) is 4.55 Å². The Hall–Kier alpha value is -0.490. The Morgan fingerprint density at radius 2 is 2.29 bits per heavy atom. The summed E-state index contributed by atoms with van der Waals surface area (Å²) in [6.45, 7) is 0. The highest BCUT2D eigenvalue weighted by Crippen LogP contribution is 1.71. The molecule has 0 saturated carbocycles. The fourth-order valence-corrected chi connectivity index (χ4v) is 0.271. The minimum atomic E-state index is -2.29. The summed E-state index contributed by atoms with van der Waals surface area (Å²) in [7, 11) is 0. The van der Waals surface area contributed by atoms with E-state index >= 15 is 0 Å². The van der Waals surface area contributed by atoms with E-state index in [0.717, 1.165) is 0 Å². The number of nitrogens with zero attached hydrogens (tertiary/aromatic N) is 1. The monoisotopic (exact) mass is 125 g/mol. The van der Waals surface area contributed by atoms with Gasteiger partial charge in [0.05, 0.1) is 0 Å². The first-order valence-corrected chi connectivity index (χ1v) is 2.60. The average Bonchev–Trinajstić information content (AvgIpc) is 1.27. The molecule has 0 amide bonds. The summed E-state index contributed by atoms with van der Waals surface area (Å²) in [6.07, 6.45) is 0. The standard InChI is InChI=1S/CH3NO4S/c3-2(4)1-7(5)6/h1H2,(H,5,6). The summed E-state index contributed by atoms with van der Waals surface area (Å²) in [5.41, 5.74) is 0. The molecule has 0 aromatic heterocycles. The van der Waals surface area contributed by atoms with Crippen molar-refractivity contribution in [3.63, 3.8) is 0 Å². The SMILES string of the molecule is O=[N+]([O-])CS(=O)O. The molecule has 0 spiro atoms. The van der Waals surface area contributed by atoms with E-state index < -0.39 is 21.9 Å². The van der Waals surface area contributed by atoms with Crippen molar-refractivity contribution in [1.82, 2.24) is 0 Å². The van der Waals surface area contributed by atoms with Gasteiger partial charge in [-0.2, -0.15) is 0 Å². The van der Waals surface area contributed by atoms with Crippen LogP contribution < -0.4 is 0 Å². The Morgan fingerprint density at radius 3 is 2.29 bits per heavy atom. The first-order valence-electron chi connectivity index (χ1n) is 1.32. The van der Waals surface area contributed by atoms with Crippen LogP contribution in [0.2, 0.25) is 0 Å². The second-order valence-electron chi connectivity index (χ2n) is 0.783. The van der Waals surface area contributed by atoms with Crippen molar-refractivity contribution in [2.45, 2.75) is 0 Å². The fraction of sp³-hybridized carbons (Fsp3) is 1.00. The van der Waals surface area contributed by atoms with Crippen molar-refractivity contribution in [3.05, 3.63) is 10.1 Å². The van der Waals surface area contributed by atoms with Gasteiger partial charge in [0.2, 0.25) is 11.1 Å². The summed E-state index contributed by atoms with van der Waals surface area (Å²) in [6, 6.07) is 0. The van der Waals surface area contributed by atoms with Crippen LogP contribution in [0.1, 0.15) is 0 Å². The zero-order valence-corrected chi connectivity index (χ0v) is 4.05. The molecule has 6 heteroatoms. The molecule has 0 bridgehead atoms. The lowest BCUT2D eigenvalue weighted by molar-refractivity contribution is -0.458. The first-order chi connectivity index (χ1) is 3.13. The Morgan fingerprint density at radius 1 is 1.86 bits per heavy atom. The smallest absolute Gasteiger partial charge is 0.301 e. The zero-order chi connectivity index (χ0) is 5.86. The molecule has 0 heterocycles. The van der Waals surface area contributed by atoms with Crippen molar-refractivity contribution in [3.8, 4) is 0 Å². The third-order valence-corrected chi connectivity index (χ3v) is 0.648. The van der Waals surface area contributed by atoms with E-state index in [9.17, 15) is 14.3 Å². The molecule has 1 unspecified atom stereocenters. The van der Waals surface area contributed by atoms with Gasteiger partial charge in [-0.15, -0.1) is 0 Å². The highest BCUT2D eigenvalue weighted by molar-refractivity contribution is 7.78. The molecule has 0 rings (SSSR count). The van der Waals surface area contributed by atoms with E-state index in [2.05, 4.69) is 0 Å². The predicted molar refractivity (Wildman–Crippen MR) is 22.6 cm³/mol.